The summed E-state index contributed by atoms with van der Waals surface area (Å²) in [5, 5.41) is 6.41. The van der Waals surface area contributed by atoms with Crippen molar-refractivity contribution >= 4 is 11.6 Å². The first kappa shape index (κ1) is 19.9. The topological polar surface area (TPSA) is 68.8 Å². The number of anilines is 1. The van der Waals surface area contributed by atoms with Gasteiger partial charge >= 0.3 is 0 Å². The van der Waals surface area contributed by atoms with Crippen LogP contribution in [0.4, 0.5) is 5.69 Å². The summed E-state index contributed by atoms with van der Waals surface area (Å²) in [7, 11) is 4.70. The summed E-state index contributed by atoms with van der Waals surface area (Å²) < 4.78 is 16.1. The Labute approximate surface area is 166 Å². The highest BCUT2D eigenvalue weighted by Gasteiger charge is 2.24. The number of methoxy groups -OCH3 is 3. The van der Waals surface area contributed by atoms with Gasteiger partial charge < -0.3 is 24.8 Å². The minimum Gasteiger partial charge on any atom is -0.493 e. The minimum atomic E-state index is -0.420. The summed E-state index contributed by atoms with van der Waals surface area (Å²) in [5.74, 6) is 1.55. The zero-order chi connectivity index (χ0) is 20.1. The lowest BCUT2D eigenvalue weighted by Crippen LogP contribution is -2.40. The molecule has 1 aliphatic rings. The molecule has 0 fully saturated rings. The Morgan fingerprint density at radius 3 is 2.39 bits per heavy atom. The number of nitrogens with one attached hydrogen (secondary N) is 2. The standard InChI is InChI=1S/C22H28N2O4/c1-14(23-16-12-19(26-2)21(28-4)20(13-16)27-3)22(25)24-18-11-7-9-15-8-5-6-10-17(15)18/h5-6,8,10,12-14,18,23H,7,9,11H2,1-4H3,(H,24,25). The molecule has 1 amide bonds. The second-order valence-corrected chi connectivity index (χ2v) is 6.93. The van der Waals surface area contributed by atoms with E-state index in [0.29, 0.717) is 17.2 Å². The molecule has 2 N–H and O–H groups in total. The third-order valence-corrected chi connectivity index (χ3v) is 5.13. The molecule has 6 nitrogen and oxygen atoms in total. The van der Waals surface area contributed by atoms with Crippen LogP contribution in [-0.2, 0) is 11.2 Å². The number of ether oxygens (including phenoxy) is 3. The van der Waals surface area contributed by atoms with Gasteiger partial charge in [0.05, 0.1) is 27.4 Å². The number of carbonyl (C=O) groups excluding carboxylic acids is 1. The van der Waals surface area contributed by atoms with E-state index in [1.165, 1.54) is 11.1 Å². The Morgan fingerprint density at radius 1 is 1.07 bits per heavy atom. The monoisotopic (exact) mass is 384 g/mol. The van der Waals surface area contributed by atoms with Crippen molar-refractivity contribution in [3.63, 3.8) is 0 Å². The molecule has 2 aromatic carbocycles. The second kappa shape index (κ2) is 8.87. The van der Waals surface area contributed by atoms with Gasteiger partial charge in [0.1, 0.15) is 6.04 Å². The molecule has 0 saturated carbocycles. The summed E-state index contributed by atoms with van der Waals surface area (Å²) in [6.45, 7) is 1.84. The number of amides is 1. The van der Waals surface area contributed by atoms with Crippen molar-refractivity contribution in [1.29, 1.82) is 0 Å². The van der Waals surface area contributed by atoms with Gasteiger partial charge in [-0.25, -0.2) is 0 Å². The van der Waals surface area contributed by atoms with Crippen LogP contribution in [0.1, 0.15) is 36.9 Å². The molecule has 150 valence electrons. The third-order valence-electron chi connectivity index (χ3n) is 5.13. The van der Waals surface area contributed by atoms with Gasteiger partial charge in [-0.2, -0.15) is 0 Å². The number of hydrogen-bond acceptors (Lipinski definition) is 5. The zero-order valence-electron chi connectivity index (χ0n) is 16.9. The van der Waals surface area contributed by atoms with Gasteiger partial charge in [-0.05, 0) is 37.3 Å². The van der Waals surface area contributed by atoms with Crippen LogP contribution in [0.5, 0.6) is 17.2 Å². The van der Waals surface area contributed by atoms with Crippen molar-refractivity contribution in [3.8, 4) is 17.2 Å². The van der Waals surface area contributed by atoms with Gasteiger partial charge in [-0.15, -0.1) is 0 Å². The number of carbonyl (C=O) groups is 1. The van der Waals surface area contributed by atoms with Crippen molar-refractivity contribution < 1.29 is 19.0 Å². The van der Waals surface area contributed by atoms with Crippen molar-refractivity contribution in [2.75, 3.05) is 26.6 Å². The quantitative estimate of drug-likeness (QED) is 0.762. The van der Waals surface area contributed by atoms with Crippen LogP contribution < -0.4 is 24.8 Å². The van der Waals surface area contributed by atoms with Gasteiger partial charge in [-0.3, -0.25) is 4.79 Å². The van der Waals surface area contributed by atoms with Gasteiger partial charge in [0.15, 0.2) is 11.5 Å². The molecule has 0 spiro atoms. The molecule has 0 radical (unpaired) electrons. The van der Waals surface area contributed by atoms with E-state index in [0.717, 1.165) is 24.9 Å². The van der Waals surface area contributed by atoms with E-state index in [4.69, 9.17) is 14.2 Å². The van der Waals surface area contributed by atoms with E-state index < -0.39 is 6.04 Å². The Hall–Kier alpha value is -2.89. The fourth-order valence-electron chi connectivity index (χ4n) is 3.68. The van der Waals surface area contributed by atoms with Gasteiger partial charge in [0.2, 0.25) is 11.7 Å². The maximum absolute atomic E-state index is 12.8. The summed E-state index contributed by atoms with van der Waals surface area (Å²) in [6.07, 6.45) is 3.11. The highest BCUT2D eigenvalue weighted by atomic mass is 16.5. The lowest BCUT2D eigenvalue weighted by molar-refractivity contribution is -0.122. The normalized spacial score (nSPS) is 16.5. The summed E-state index contributed by atoms with van der Waals surface area (Å²) in [6, 6.07) is 11.6. The molecule has 2 aromatic rings. The van der Waals surface area contributed by atoms with Crippen LogP contribution in [0.15, 0.2) is 36.4 Å². The smallest absolute Gasteiger partial charge is 0.242 e. The molecule has 0 bridgehead atoms. The van der Waals surface area contributed by atoms with Crippen LogP contribution in [-0.4, -0.2) is 33.3 Å². The first-order valence-electron chi connectivity index (χ1n) is 9.52. The van der Waals surface area contributed by atoms with Crippen molar-refractivity contribution in [2.45, 2.75) is 38.3 Å². The molecule has 2 atom stereocenters. The Morgan fingerprint density at radius 2 is 1.75 bits per heavy atom. The predicted octanol–water partition coefficient (Wildman–Crippen LogP) is 3.71. The second-order valence-electron chi connectivity index (χ2n) is 6.93. The number of rotatable bonds is 7. The SMILES string of the molecule is COc1cc(NC(C)C(=O)NC2CCCc3ccccc32)cc(OC)c1OC. The molecule has 3 rings (SSSR count). The number of aryl methyl sites for hydroxylation is 1. The van der Waals surface area contributed by atoms with Crippen molar-refractivity contribution in [2.24, 2.45) is 0 Å². The molecule has 1 aliphatic carbocycles. The van der Waals surface area contributed by atoms with E-state index in [1.54, 1.807) is 33.5 Å². The zero-order valence-corrected chi connectivity index (χ0v) is 16.9. The van der Waals surface area contributed by atoms with E-state index in [2.05, 4.69) is 28.8 Å². The molecule has 0 aliphatic heterocycles. The Balaban J connectivity index is 1.71. The minimum absolute atomic E-state index is 0.0459. The molecule has 0 heterocycles. The lowest BCUT2D eigenvalue weighted by atomic mass is 9.87. The van der Waals surface area contributed by atoms with Gasteiger partial charge in [-0.1, -0.05) is 24.3 Å². The van der Waals surface area contributed by atoms with Crippen LogP contribution in [0, 0.1) is 0 Å². The predicted molar refractivity (Wildman–Crippen MR) is 109 cm³/mol. The van der Waals surface area contributed by atoms with Crippen LogP contribution in [0.3, 0.4) is 0 Å². The largest absolute Gasteiger partial charge is 0.493 e. The Kier molecular flexibility index (Phi) is 6.29. The first-order chi connectivity index (χ1) is 13.6. The number of hydrogen-bond donors (Lipinski definition) is 2. The highest BCUT2D eigenvalue weighted by Crippen LogP contribution is 2.40. The van der Waals surface area contributed by atoms with E-state index in [9.17, 15) is 4.79 Å². The average molecular weight is 384 g/mol. The highest BCUT2D eigenvalue weighted by molar-refractivity contribution is 5.85. The fraction of sp³-hybridized carbons (Fsp3) is 0.409. The first-order valence-corrected chi connectivity index (χ1v) is 9.52. The van der Waals surface area contributed by atoms with Crippen molar-refractivity contribution in [3.05, 3.63) is 47.5 Å². The van der Waals surface area contributed by atoms with Crippen LogP contribution in [0.25, 0.3) is 0 Å². The molecule has 6 heteroatoms. The van der Waals surface area contributed by atoms with Crippen LogP contribution >= 0.6 is 0 Å². The molecule has 28 heavy (non-hydrogen) atoms. The van der Waals surface area contributed by atoms with Crippen LogP contribution in [0.2, 0.25) is 0 Å². The third kappa shape index (κ3) is 4.16. The maximum atomic E-state index is 12.8. The van der Waals surface area contributed by atoms with E-state index in [1.807, 2.05) is 13.0 Å². The molecular weight excluding hydrogens is 356 g/mol. The average Bonchev–Trinajstić information content (AvgIpc) is 2.73. The van der Waals surface area contributed by atoms with Gasteiger partial charge in [0, 0.05) is 17.8 Å². The summed E-state index contributed by atoms with van der Waals surface area (Å²) in [5.41, 5.74) is 3.27. The maximum Gasteiger partial charge on any atom is 0.242 e. The number of benzene rings is 2. The molecular formula is C22H28N2O4. The molecule has 2 unspecified atom stereocenters. The van der Waals surface area contributed by atoms with Gasteiger partial charge in [0.25, 0.3) is 0 Å². The fourth-order valence-corrected chi connectivity index (χ4v) is 3.68. The summed E-state index contributed by atoms with van der Waals surface area (Å²) >= 11 is 0. The Bertz CT molecular complexity index is 812. The molecule has 0 saturated heterocycles. The summed E-state index contributed by atoms with van der Waals surface area (Å²) in [4.78, 5) is 12.8. The lowest BCUT2D eigenvalue weighted by Gasteiger charge is -2.28. The number of fused-ring (bicyclic) bond motifs is 1. The molecule has 0 aromatic heterocycles. The van der Waals surface area contributed by atoms with Crippen molar-refractivity contribution in [1.82, 2.24) is 5.32 Å². The van der Waals surface area contributed by atoms with E-state index in [-0.39, 0.29) is 11.9 Å². The van der Waals surface area contributed by atoms with E-state index >= 15 is 0 Å².